The average molecular weight is 488 g/mol. The zero-order valence-electron chi connectivity index (χ0n) is 18.6. The summed E-state index contributed by atoms with van der Waals surface area (Å²) < 4.78 is 37.3. The van der Waals surface area contributed by atoms with Gasteiger partial charge in [-0.05, 0) is 44.0 Å². The van der Waals surface area contributed by atoms with E-state index in [2.05, 4.69) is 10.2 Å². The Morgan fingerprint density at radius 1 is 1.15 bits per heavy atom. The van der Waals surface area contributed by atoms with Crippen molar-refractivity contribution in [1.82, 2.24) is 15.1 Å². The summed E-state index contributed by atoms with van der Waals surface area (Å²) in [6.07, 6.45) is 1.24. The molecule has 6 nitrogen and oxygen atoms in total. The van der Waals surface area contributed by atoms with Gasteiger partial charge >= 0.3 is 0 Å². The van der Waals surface area contributed by atoms with Crippen LogP contribution >= 0.6 is 11.8 Å². The highest BCUT2D eigenvalue weighted by molar-refractivity contribution is 8.00. The fourth-order valence-electron chi connectivity index (χ4n) is 4.21. The van der Waals surface area contributed by atoms with Crippen molar-refractivity contribution >= 4 is 38.3 Å². The maximum Gasteiger partial charge on any atom is 0.233 e. The molecule has 2 atom stereocenters. The largest absolute Gasteiger partial charge is 0.335 e. The number of carbonyl (C=O) groups is 1. The van der Waals surface area contributed by atoms with Crippen LogP contribution in [0, 0.1) is 5.82 Å². The quantitative estimate of drug-likeness (QED) is 0.461. The van der Waals surface area contributed by atoms with Crippen LogP contribution in [0.1, 0.15) is 26.7 Å². The number of halogens is 1. The molecule has 1 aliphatic heterocycles. The highest BCUT2D eigenvalue weighted by atomic mass is 32.2. The highest BCUT2D eigenvalue weighted by Crippen LogP contribution is 2.32. The number of benzene rings is 2. The van der Waals surface area contributed by atoms with Crippen molar-refractivity contribution in [3.8, 4) is 11.3 Å². The van der Waals surface area contributed by atoms with Crippen molar-refractivity contribution in [2.75, 3.05) is 17.3 Å². The van der Waals surface area contributed by atoms with E-state index in [0.717, 1.165) is 22.8 Å². The minimum Gasteiger partial charge on any atom is -0.335 e. The van der Waals surface area contributed by atoms with Crippen LogP contribution in [0.4, 0.5) is 4.39 Å². The fourth-order valence-corrected chi connectivity index (χ4v) is 6.76. The van der Waals surface area contributed by atoms with Gasteiger partial charge in [-0.2, -0.15) is 0 Å². The molecule has 3 aromatic rings. The molecule has 33 heavy (non-hydrogen) atoms. The minimum atomic E-state index is -3.09. The predicted molar refractivity (Wildman–Crippen MR) is 129 cm³/mol. The molecule has 1 saturated heterocycles. The number of thioether (sulfide) groups is 1. The first-order valence-electron chi connectivity index (χ1n) is 10.9. The van der Waals surface area contributed by atoms with Crippen LogP contribution in [-0.2, 0) is 14.6 Å². The summed E-state index contributed by atoms with van der Waals surface area (Å²) in [5, 5.41) is 11.1. The summed E-state index contributed by atoms with van der Waals surface area (Å²) in [5.74, 6) is -0.0998. The molecule has 2 heterocycles. The first-order chi connectivity index (χ1) is 15.8. The van der Waals surface area contributed by atoms with Gasteiger partial charge in [0.15, 0.2) is 9.84 Å². The second kappa shape index (κ2) is 9.77. The molecular weight excluding hydrogens is 461 g/mol. The smallest absolute Gasteiger partial charge is 0.233 e. The van der Waals surface area contributed by atoms with Gasteiger partial charge in [0, 0.05) is 28.4 Å². The van der Waals surface area contributed by atoms with Crippen molar-refractivity contribution in [1.29, 1.82) is 0 Å². The van der Waals surface area contributed by atoms with E-state index in [1.54, 1.807) is 17.0 Å². The zero-order chi connectivity index (χ0) is 23.6. The van der Waals surface area contributed by atoms with Crippen molar-refractivity contribution in [2.24, 2.45) is 0 Å². The lowest BCUT2D eigenvalue weighted by Gasteiger charge is -2.33. The minimum absolute atomic E-state index is 0.0306. The maximum absolute atomic E-state index is 13.3. The molecule has 0 unspecified atom stereocenters. The van der Waals surface area contributed by atoms with Crippen LogP contribution in [0.5, 0.6) is 0 Å². The van der Waals surface area contributed by atoms with E-state index in [1.807, 2.05) is 38.1 Å². The molecule has 0 radical (unpaired) electrons. The van der Waals surface area contributed by atoms with Crippen molar-refractivity contribution < 1.29 is 17.6 Å². The lowest BCUT2D eigenvalue weighted by molar-refractivity contribution is -0.132. The van der Waals surface area contributed by atoms with E-state index in [0.29, 0.717) is 17.1 Å². The fraction of sp³-hybridized carbons (Fsp3) is 0.375. The van der Waals surface area contributed by atoms with E-state index in [-0.39, 0.29) is 41.1 Å². The molecule has 0 aliphatic carbocycles. The Bertz CT molecular complexity index is 1270. The van der Waals surface area contributed by atoms with Crippen molar-refractivity contribution in [3.05, 3.63) is 54.3 Å². The van der Waals surface area contributed by atoms with Crippen LogP contribution in [0.2, 0.25) is 0 Å². The Balaban J connectivity index is 1.58. The number of hydrogen-bond donors (Lipinski definition) is 0. The normalized spacial score (nSPS) is 18.3. The maximum atomic E-state index is 13.3. The Morgan fingerprint density at radius 2 is 1.85 bits per heavy atom. The van der Waals surface area contributed by atoms with E-state index in [1.165, 1.54) is 23.9 Å². The molecule has 9 heteroatoms. The van der Waals surface area contributed by atoms with Gasteiger partial charge in [0.05, 0.1) is 17.3 Å². The monoisotopic (exact) mass is 487 g/mol. The first-order valence-corrected chi connectivity index (χ1v) is 13.8. The molecule has 1 amide bonds. The Kier molecular flexibility index (Phi) is 6.99. The molecular formula is C24H26FN3O3S2. The van der Waals surface area contributed by atoms with Crippen LogP contribution in [-0.4, -0.2) is 58.8 Å². The molecule has 0 saturated carbocycles. The SMILES string of the molecule is CC[C@@H](C)N(C(=O)CSc1nnc(-c2ccc(F)cc2)c2ccccc12)[C@H]1CCS(=O)(=O)C1. The summed E-state index contributed by atoms with van der Waals surface area (Å²) in [5.41, 5.74) is 1.41. The number of rotatable bonds is 7. The molecule has 1 aromatic heterocycles. The topological polar surface area (TPSA) is 80.2 Å². The van der Waals surface area contributed by atoms with Crippen molar-refractivity contribution in [3.63, 3.8) is 0 Å². The van der Waals surface area contributed by atoms with E-state index in [4.69, 9.17) is 0 Å². The third-order valence-corrected chi connectivity index (χ3v) is 8.78. The third kappa shape index (κ3) is 5.19. The number of aromatic nitrogens is 2. The van der Waals surface area contributed by atoms with Gasteiger partial charge in [0.1, 0.15) is 16.5 Å². The molecule has 4 rings (SSSR count). The Labute approximate surface area is 197 Å². The standard InChI is InChI=1S/C24H26FN3O3S2/c1-3-16(2)28(19-12-13-33(30,31)15-19)22(29)14-32-24-21-7-5-4-6-20(21)23(26-27-24)17-8-10-18(25)11-9-17/h4-11,16,19H,3,12-15H2,1-2H3/t16-,19+/m1/s1. The number of carbonyl (C=O) groups excluding carboxylic acids is 1. The lowest BCUT2D eigenvalue weighted by atomic mass is 10.1. The first kappa shape index (κ1) is 23.6. The van der Waals surface area contributed by atoms with Crippen molar-refractivity contribution in [2.45, 2.75) is 43.8 Å². The van der Waals surface area contributed by atoms with Gasteiger partial charge < -0.3 is 4.90 Å². The van der Waals surface area contributed by atoms with Crippen LogP contribution in [0.25, 0.3) is 22.0 Å². The van der Waals surface area contributed by atoms with Crippen LogP contribution in [0.3, 0.4) is 0 Å². The van der Waals surface area contributed by atoms with E-state index in [9.17, 15) is 17.6 Å². The lowest BCUT2D eigenvalue weighted by Crippen LogP contribution is -2.47. The second-order valence-corrected chi connectivity index (χ2v) is 11.5. The summed E-state index contributed by atoms with van der Waals surface area (Å²) in [4.78, 5) is 14.9. The molecule has 174 valence electrons. The summed E-state index contributed by atoms with van der Waals surface area (Å²) in [6.45, 7) is 3.95. The Morgan fingerprint density at radius 3 is 2.48 bits per heavy atom. The second-order valence-electron chi connectivity index (χ2n) is 8.31. The van der Waals surface area contributed by atoms with Crippen LogP contribution < -0.4 is 0 Å². The summed E-state index contributed by atoms with van der Waals surface area (Å²) in [6, 6.07) is 13.5. The van der Waals surface area contributed by atoms with Gasteiger partial charge in [-0.25, -0.2) is 12.8 Å². The summed E-state index contributed by atoms with van der Waals surface area (Å²) >= 11 is 1.31. The number of hydrogen-bond acceptors (Lipinski definition) is 6. The molecule has 0 spiro atoms. The Hall–Kier alpha value is -2.52. The van der Waals surface area contributed by atoms with Gasteiger partial charge in [-0.15, -0.1) is 10.2 Å². The molecule has 1 aliphatic rings. The molecule has 1 fully saturated rings. The number of sulfone groups is 1. The van der Waals surface area contributed by atoms with Crippen LogP contribution in [0.15, 0.2) is 53.6 Å². The molecule has 0 N–H and O–H groups in total. The average Bonchev–Trinajstić information content (AvgIpc) is 3.17. The molecule has 2 aromatic carbocycles. The molecule has 0 bridgehead atoms. The highest BCUT2D eigenvalue weighted by Gasteiger charge is 2.36. The number of amides is 1. The summed E-state index contributed by atoms with van der Waals surface area (Å²) in [7, 11) is -3.09. The van der Waals surface area contributed by atoms with Gasteiger partial charge in [0.25, 0.3) is 0 Å². The van der Waals surface area contributed by atoms with Gasteiger partial charge in [0.2, 0.25) is 5.91 Å². The third-order valence-electron chi connectivity index (χ3n) is 6.06. The van der Waals surface area contributed by atoms with E-state index < -0.39 is 9.84 Å². The number of nitrogens with zero attached hydrogens (tertiary/aromatic N) is 3. The van der Waals surface area contributed by atoms with Gasteiger partial charge in [-0.3, -0.25) is 4.79 Å². The zero-order valence-corrected chi connectivity index (χ0v) is 20.2. The van der Waals surface area contributed by atoms with E-state index >= 15 is 0 Å². The number of fused-ring (bicyclic) bond motifs is 1. The van der Waals surface area contributed by atoms with Gasteiger partial charge in [-0.1, -0.05) is 43.0 Å². The predicted octanol–water partition coefficient (Wildman–Crippen LogP) is 4.34.